The first-order chi connectivity index (χ1) is 8.63. The molecule has 0 saturated heterocycles. The first-order valence-corrected chi connectivity index (χ1v) is 7.32. The van der Waals surface area contributed by atoms with Crippen molar-refractivity contribution < 1.29 is 4.39 Å². The van der Waals surface area contributed by atoms with Crippen LogP contribution in [0, 0.1) is 9.39 Å². The maximum atomic E-state index is 13.6. The minimum absolute atomic E-state index is 0.210. The van der Waals surface area contributed by atoms with Crippen molar-refractivity contribution in [2.24, 2.45) is 0 Å². The van der Waals surface area contributed by atoms with E-state index >= 15 is 0 Å². The first-order valence-electron chi connectivity index (χ1n) is 6.24. The summed E-state index contributed by atoms with van der Waals surface area (Å²) in [5.41, 5.74) is 7.46. The number of hydrogen-bond donors (Lipinski definition) is 1. The van der Waals surface area contributed by atoms with Crippen LogP contribution in [0.5, 0.6) is 0 Å². The predicted molar refractivity (Wildman–Crippen MR) is 81.0 cm³/mol. The van der Waals surface area contributed by atoms with Crippen LogP contribution in [-0.4, -0.2) is 9.55 Å². The molecule has 2 N–H and O–H groups in total. The Morgan fingerprint density at radius 2 is 2.11 bits per heavy atom. The molecule has 0 radical (unpaired) electrons. The number of nitrogens with two attached hydrogens (primary N) is 1. The zero-order valence-corrected chi connectivity index (χ0v) is 12.6. The zero-order valence-electron chi connectivity index (χ0n) is 10.4. The molecule has 1 heterocycles. The number of nitrogens with zero attached hydrogens (tertiary/aromatic N) is 2. The van der Waals surface area contributed by atoms with Gasteiger partial charge in [0.1, 0.15) is 5.82 Å². The summed E-state index contributed by atoms with van der Waals surface area (Å²) in [6.07, 6.45) is 4.64. The van der Waals surface area contributed by atoms with E-state index < -0.39 is 0 Å². The zero-order chi connectivity index (χ0) is 13.1. The molecular formula is C13H17FIN3. The van der Waals surface area contributed by atoms with Gasteiger partial charge in [0.05, 0.1) is 14.6 Å². The molecule has 18 heavy (non-hydrogen) atoms. The van der Waals surface area contributed by atoms with Crippen molar-refractivity contribution in [1.82, 2.24) is 9.55 Å². The monoisotopic (exact) mass is 361 g/mol. The lowest BCUT2D eigenvalue weighted by Crippen LogP contribution is -2.03. The second-order valence-electron chi connectivity index (χ2n) is 4.44. The molecule has 2 aromatic rings. The maximum Gasteiger partial charge on any atom is 0.201 e. The maximum absolute atomic E-state index is 13.6. The predicted octanol–water partition coefficient (Wildman–Crippen LogP) is 3.94. The van der Waals surface area contributed by atoms with Crippen molar-refractivity contribution in [3.05, 3.63) is 21.5 Å². The molecule has 1 aromatic carbocycles. The fourth-order valence-electron chi connectivity index (χ4n) is 2.07. The summed E-state index contributed by atoms with van der Waals surface area (Å²) in [6.45, 7) is 2.99. The number of rotatable bonds is 5. The number of hydrogen-bond acceptors (Lipinski definition) is 2. The van der Waals surface area contributed by atoms with Crippen LogP contribution in [0.3, 0.4) is 0 Å². The molecule has 98 valence electrons. The van der Waals surface area contributed by atoms with Crippen molar-refractivity contribution in [2.45, 2.75) is 39.2 Å². The number of aryl methyl sites for hydroxylation is 1. The van der Waals surface area contributed by atoms with Crippen LogP contribution >= 0.6 is 22.6 Å². The van der Waals surface area contributed by atoms with Crippen molar-refractivity contribution in [3.8, 4) is 0 Å². The summed E-state index contributed by atoms with van der Waals surface area (Å²) in [5.74, 6) is 0.265. The molecule has 3 nitrogen and oxygen atoms in total. The van der Waals surface area contributed by atoms with Gasteiger partial charge >= 0.3 is 0 Å². The molecule has 0 aliphatic carbocycles. The molecule has 0 aliphatic heterocycles. The van der Waals surface area contributed by atoms with E-state index in [1.54, 1.807) is 6.07 Å². The van der Waals surface area contributed by atoms with Crippen molar-refractivity contribution in [2.75, 3.05) is 5.73 Å². The Bertz CT molecular complexity index is 551. The molecule has 0 atom stereocenters. The molecule has 0 spiro atoms. The normalized spacial score (nSPS) is 11.3. The molecule has 2 rings (SSSR count). The highest BCUT2D eigenvalue weighted by atomic mass is 127. The number of benzene rings is 1. The highest BCUT2D eigenvalue weighted by molar-refractivity contribution is 14.1. The Morgan fingerprint density at radius 1 is 1.33 bits per heavy atom. The van der Waals surface area contributed by atoms with Gasteiger partial charge in [0.25, 0.3) is 0 Å². The highest BCUT2D eigenvalue weighted by Gasteiger charge is 2.11. The minimum atomic E-state index is -0.210. The number of aromatic nitrogens is 2. The van der Waals surface area contributed by atoms with Gasteiger partial charge in [-0.05, 0) is 35.1 Å². The lowest BCUT2D eigenvalue weighted by atomic mass is 10.2. The average Bonchev–Trinajstić information content (AvgIpc) is 2.62. The van der Waals surface area contributed by atoms with Crippen LogP contribution < -0.4 is 5.73 Å². The topological polar surface area (TPSA) is 43.8 Å². The molecule has 0 aliphatic rings. The van der Waals surface area contributed by atoms with E-state index in [9.17, 15) is 4.39 Å². The third kappa shape index (κ3) is 2.76. The van der Waals surface area contributed by atoms with Gasteiger partial charge in [-0.15, -0.1) is 0 Å². The SMILES string of the molecule is CCCCCCn1c(N)nc2cc(I)c(F)cc21. The van der Waals surface area contributed by atoms with E-state index in [2.05, 4.69) is 11.9 Å². The third-order valence-electron chi connectivity index (χ3n) is 3.06. The summed E-state index contributed by atoms with van der Waals surface area (Å²) in [4.78, 5) is 4.28. The Hall–Kier alpha value is -0.850. The summed E-state index contributed by atoms with van der Waals surface area (Å²) in [5, 5.41) is 0. The molecule has 5 heteroatoms. The third-order valence-corrected chi connectivity index (χ3v) is 3.88. The first kappa shape index (κ1) is 13.6. The van der Waals surface area contributed by atoms with Gasteiger partial charge in [0, 0.05) is 12.6 Å². The number of imidazole rings is 1. The smallest absolute Gasteiger partial charge is 0.201 e. The summed E-state index contributed by atoms with van der Waals surface area (Å²) in [6, 6.07) is 3.27. The van der Waals surface area contributed by atoms with E-state index in [4.69, 9.17) is 5.73 Å². The second kappa shape index (κ2) is 5.86. The Morgan fingerprint density at radius 3 is 2.83 bits per heavy atom. The molecule has 0 saturated carbocycles. The highest BCUT2D eigenvalue weighted by Crippen LogP contribution is 2.23. The Kier molecular flexibility index (Phi) is 4.42. The molecule has 0 bridgehead atoms. The van der Waals surface area contributed by atoms with Gasteiger partial charge in [0.15, 0.2) is 0 Å². The van der Waals surface area contributed by atoms with E-state index in [-0.39, 0.29) is 5.82 Å². The minimum Gasteiger partial charge on any atom is -0.369 e. The van der Waals surface area contributed by atoms with Gasteiger partial charge < -0.3 is 10.3 Å². The van der Waals surface area contributed by atoms with Gasteiger partial charge in [-0.25, -0.2) is 9.37 Å². The van der Waals surface area contributed by atoms with E-state index in [0.29, 0.717) is 9.52 Å². The van der Waals surface area contributed by atoms with Crippen LogP contribution in [0.15, 0.2) is 12.1 Å². The number of anilines is 1. The fourth-order valence-corrected chi connectivity index (χ4v) is 2.52. The molecule has 1 aromatic heterocycles. The second-order valence-corrected chi connectivity index (χ2v) is 5.60. The molecular weight excluding hydrogens is 344 g/mol. The Labute approximate surface area is 120 Å². The number of halogens is 2. The lowest BCUT2D eigenvalue weighted by molar-refractivity contribution is 0.592. The van der Waals surface area contributed by atoms with Crippen molar-refractivity contribution in [3.63, 3.8) is 0 Å². The van der Waals surface area contributed by atoms with Gasteiger partial charge in [-0.2, -0.15) is 0 Å². The van der Waals surface area contributed by atoms with E-state index in [1.165, 1.54) is 25.3 Å². The van der Waals surface area contributed by atoms with Gasteiger partial charge in [0.2, 0.25) is 5.95 Å². The van der Waals surface area contributed by atoms with Crippen LogP contribution in [-0.2, 0) is 6.54 Å². The van der Waals surface area contributed by atoms with Gasteiger partial charge in [-0.1, -0.05) is 26.2 Å². The molecule has 0 amide bonds. The summed E-state index contributed by atoms with van der Waals surface area (Å²) < 4.78 is 16.1. The van der Waals surface area contributed by atoms with Crippen LogP contribution in [0.4, 0.5) is 10.3 Å². The van der Waals surface area contributed by atoms with E-state index in [1.807, 2.05) is 27.2 Å². The fraction of sp³-hybridized carbons (Fsp3) is 0.462. The lowest BCUT2D eigenvalue weighted by Gasteiger charge is -2.06. The number of nitrogen functional groups attached to an aromatic ring is 1. The largest absolute Gasteiger partial charge is 0.369 e. The van der Waals surface area contributed by atoms with Crippen LogP contribution in [0.25, 0.3) is 11.0 Å². The standard InChI is InChI=1S/C13H17FIN3/c1-2-3-4-5-6-18-12-7-9(14)10(15)8-11(12)17-13(18)16/h7-8H,2-6H2,1H3,(H2,16,17). The molecule has 0 fully saturated rings. The number of unbranched alkanes of at least 4 members (excludes halogenated alkanes) is 3. The quantitative estimate of drug-likeness (QED) is 0.648. The van der Waals surface area contributed by atoms with Crippen LogP contribution in [0.1, 0.15) is 32.6 Å². The molecule has 0 unspecified atom stereocenters. The van der Waals surface area contributed by atoms with E-state index in [0.717, 1.165) is 24.0 Å². The Balaban J connectivity index is 2.26. The van der Waals surface area contributed by atoms with Crippen LogP contribution in [0.2, 0.25) is 0 Å². The van der Waals surface area contributed by atoms with Crippen molar-refractivity contribution in [1.29, 1.82) is 0 Å². The average molecular weight is 361 g/mol. The summed E-state index contributed by atoms with van der Waals surface area (Å²) >= 11 is 1.97. The number of fused-ring (bicyclic) bond motifs is 1. The summed E-state index contributed by atoms with van der Waals surface area (Å²) in [7, 11) is 0. The van der Waals surface area contributed by atoms with Crippen molar-refractivity contribution >= 4 is 39.6 Å². The van der Waals surface area contributed by atoms with Gasteiger partial charge in [-0.3, -0.25) is 0 Å².